The number of carboxylic acid groups (broad SMARTS) is 1. The summed E-state index contributed by atoms with van der Waals surface area (Å²) in [6.07, 6.45) is 3.81. The highest BCUT2D eigenvalue weighted by molar-refractivity contribution is 5.89. The van der Waals surface area contributed by atoms with Crippen LogP contribution in [0.15, 0.2) is 41.4 Å². The number of carboxylic acids is 1. The number of aryl methyl sites for hydroxylation is 1. The first-order chi connectivity index (χ1) is 11.5. The fourth-order valence-corrected chi connectivity index (χ4v) is 2.90. The normalized spacial score (nSPS) is 14.5. The van der Waals surface area contributed by atoms with E-state index >= 15 is 0 Å². The molecule has 5 heteroatoms. The van der Waals surface area contributed by atoms with Gasteiger partial charge in [-0.25, -0.2) is 9.18 Å². The number of benzene rings is 2. The molecular weight excluding hydrogens is 307 g/mol. The van der Waals surface area contributed by atoms with Crippen LogP contribution in [0.5, 0.6) is 0 Å². The molecule has 1 aliphatic heterocycles. The van der Waals surface area contributed by atoms with Gasteiger partial charge in [0.25, 0.3) is 0 Å². The molecule has 0 atom stereocenters. The Kier molecular flexibility index (Phi) is 4.60. The SMILES string of the molecule is Cc1cc(C(=O)O)ccc1N=Cc1ccc(N2CCCC2)c(F)c1. The summed E-state index contributed by atoms with van der Waals surface area (Å²) in [5, 5.41) is 8.97. The second-order valence-corrected chi connectivity index (χ2v) is 5.97. The number of hydrogen-bond donors (Lipinski definition) is 1. The Morgan fingerprint density at radius 2 is 1.96 bits per heavy atom. The number of hydrogen-bond acceptors (Lipinski definition) is 3. The maximum absolute atomic E-state index is 14.3. The lowest BCUT2D eigenvalue weighted by Gasteiger charge is -2.18. The Morgan fingerprint density at radius 1 is 1.21 bits per heavy atom. The molecule has 0 radical (unpaired) electrons. The molecule has 1 saturated heterocycles. The lowest BCUT2D eigenvalue weighted by Crippen LogP contribution is -2.18. The lowest BCUT2D eigenvalue weighted by atomic mass is 10.1. The summed E-state index contributed by atoms with van der Waals surface area (Å²) in [6, 6.07) is 9.87. The van der Waals surface area contributed by atoms with Crippen molar-refractivity contribution in [3.63, 3.8) is 0 Å². The quantitative estimate of drug-likeness (QED) is 0.857. The van der Waals surface area contributed by atoms with Crippen molar-refractivity contribution in [3.8, 4) is 0 Å². The maximum Gasteiger partial charge on any atom is 0.335 e. The van der Waals surface area contributed by atoms with Crippen LogP contribution in [0, 0.1) is 12.7 Å². The predicted octanol–water partition coefficient (Wildman–Crippen LogP) is 4.18. The first-order valence-corrected chi connectivity index (χ1v) is 7.97. The average molecular weight is 326 g/mol. The Hall–Kier alpha value is -2.69. The van der Waals surface area contributed by atoms with Gasteiger partial charge in [0.1, 0.15) is 5.82 Å². The number of anilines is 1. The molecule has 0 aliphatic carbocycles. The summed E-state index contributed by atoms with van der Waals surface area (Å²) in [6.45, 7) is 3.61. The molecule has 0 bridgehead atoms. The fourth-order valence-electron chi connectivity index (χ4n) is 2.90. The summed E-state index contributed by atoms with van der Waals surface area (Å²) >= 11 is 0. The van der Waals surface area contributed by atoms with Crippen LogP contribution < -0.4 is 4.90 Å². The molecule has 1 heterocycles. The second-order valence-electron chi connectivity index (χ2n) is 5.97. The minimum absolute atomic E-state index is 0.229. The van der Waals surface area contributed by atoms with E-state index in [9.17, 15) is 9.18 Å². The van der Waals surface area contributed by atoms with E-state index < -0.39 is 5.97 Å². The van der Waals surface area contributed by atoms with Crippen molar-refractivity contribution >= 4 is 23.6 Å². The summed E-state index contributed by atoms with van der Waals surface area (Å²) < 4.78 is 14.3. The molecule has 0 unspecified atom stereocenters. The monoisotopic (exact) mass is 326 g/mol. The second kappa shape index (κ2) is 6.83. The van der Waals surface area contributed by atoms with Gasteiger partial charge in [-0.1, -0.05) is 6.07 Å². The standard InChI is InChI=1S/C19H19FN2O2/c1-13-10-15(19(23)24)5-6-17(13)21-12-14-4-7-18(16(20)11-14)22-8-2-3-9-22/h4-7,10-12H,2-3,8-9H2,1H3,(H,23,24). The number of aromatic carboxylic acids is 1. The van der Waals surface area contributed by atoms with Gasteiger partial charge >= 0.3 is 5.97 Å². The van der Waals surface area contributed by atoms with E-state index in [0.29, 0.717) is 16.9 Å². The first kappa shape index (κ1) is 16.2. The summed E-state index contributed by atoms with van der Waals surface area (Å²) in [7, 11) is 0. The number of halogens is 1. The first-order valence-electron chi connectivity index (χ1n) is 7.97. The Bertz CT molecular complexity index is 796. The molecule has 2 aromatic carbocycles. The van der Waals surface area contributed by atoms with E-state index in [-0.39, 0.29) is 11.4 Å². The van der Waals surface area contributed by atoms with Gasteiger partial charge in [0.15, 0.2) is 0 Å². The van der Waals surface area contributed by atoms with Crippen molar-refractivity contribution in [3.05, 3.63) is 58.9 Å². The van der Waals surface area contributed by atoms with E-state index in [1.165, 1.54) is 12.1 Å². The third-order valence-corrected chi connectivity index (χ3v) is 4.21. The minimum Gasteiger partial charge on any atom is -0.478 e. The third kappa shape index (κ3) is 3.45. The summed E-state index contributed by atoms with van der Waals surface area (Å²) in [5.41, 5.74) is 2.99. The van der Waals surface area contributed by atoms with Crippen LogP contribution in [-0.2, 0) is 0 Å². The summed E-state index contributed by atoms with van der Waals surface area (Å²) in [4.78, 5) is 17.3. The molecule has 1 fully saturated rings. The molecule has 1 N–H and O–H groups in total. The van der Waals surface area contributed by atoms with Gasteiger partial charge in [-0.15, -0.1) is 0 Å². The Morgan fingerprint density at radius 3 is 2.58 bits per heavy atom. The molecule has 0 aromatic heterocycles. The number of nitrogens with zero attached hydrogens (tertiary/aromatic N) is 2. The zero-order valence-corrected chi connectivity index (χ0v) is 13.5. The Labute approximate surface area is 140 Å². The minimum atomic E-state index is -0.965. The van der Waals surface area contributed by atoms with Crippen LogP contribution in [0.25, 0.3) is 0 Å². The van der Waals surface area contributed by atoms with Crippen LogP contribution in [0.1, 0.15) is 34.3 Å². The molecule has 4 nitrogen and oxygen atoms in total. The molecule has 0 amide bonds. The van der Waals surface area contributed by atoms with Crippen LogP contribution >= 0.6 is 0 Å². The maximum atomic E-state index is 14.3. The number of carbonyl (C=O) groups is 1. The topological polar surface area (TPSA) is 52.9 Å². The van der Waals surface area contributed by atoms with Gasteiger partial charge in [0.2, 0.25) is 0 Å². The van der Waals surface area contributed by atoms with Crippen molar-refractivity contribution in [2.24, 2.45) is 4.99 Å². The third-order valence-electron chi connectivity index (χ3n) is 4.21. The van der Waals surface area contributed by atoms with Crippen molar-refractivity contribution < 1.29 is 14.3 Å². The van der Waals surface area contributed by atoms with Crippen LogP contribution in [0.3, 0.4) is 0 Å². The van der Waals surface area contributed by atoms with Gasteiger partial charge in [-0.05, 0) is 61.2 Å². The zero-order valence-electron chi connectivity index (χ0n) is 13.5. The molecule has 3 rings (SSSR count). The van der Waals surface area contributed by atoms with Crippen molar-refractivity contribution in [1.29, 1.82) is 0 Å². The lowest BCUT2D eigenvalue weighted by molar-refractivity contribution is 0.0697. The zero-order chi connectivity index (χ0) is 17.1. The molecule has 2 aromatic rings. The highest BCUT2D eigenvalue weighted by Gasteiger charge is 2.15. The largest absolute Gasteiger partial charge is 0.478 e. The van der Waals surface area contributed by atoms with Crippen LogP contribution in [-0.4, -0.2) is 30.4 Å². The smallest absolute Gasteiger partial charge is 0.335 e. The van der Waals surface area contributed by atoms with Crippen molar-refractivity contribution in [1.82, 2.24) is 0 Å². The molecule has 0 spiro atoms. The molecular formula is C19H19FN2O2. The van der Waals surface area contributed by atoms with E-state index in [0.717, 1.165) is 31.5 Å². The van der Waals surface area contributed by atoms with Gasteiger partial charge in [-0.3, -0.25) is 4.99 Å². The highest BCUT2D eigenvalue weighted by atomic mass is 19.1. The van der Waals surface area contributed by atoms with Gasteiger partial charge in [0.05, 0.1) is 16.9 Å². The van der Waals surface area contributed by atoms with Crippen LogP contribution in [0.4, 0.5) is 15.8 Å². The number of rotatable bonds is 4. The Balaban J connectivity index is 1.79. The molecule has 124 valence electrons. The van der Waals surface area contributed by atoms with Gasteiger partial charge in [0, 0.05) is 19.3 Å². The molecule has 1 aliphatic rings. The summed E-state index contributed by atoms with van der Waals surface area (Å²) in [5.74, 6) is -1.20. The van der Waals surface area contributed by atoms with E-state index in [1.54, 1.807) is 31.3 Å². The van der Waals surface area contributed by atoms with E-state index in [4.69, 9.17) is 5.11 Å². The fraction of sp³-hybridized carbons (Fsp3) is 0.263. The van der Waals surface area contributed by atoms with Gasteiger partial charge < -0.3 is 10.0 Å². The number of aliphatic imine (C=N–C) groups is 1. The highest BCUT2D eigenvalue weighted by Crippen LogP contribution is 2.25. The molecule has 24 heavy (non-hydrogen) atoms. The molecule has 0 saturated carbocycles. The van der Waals surface area contributed by atoms with E-state index in [1.807, 2.05) is 6.07 Å². The van der Waals surface area contributed by atoms with E-state index in [2.05, 4.69) is 9.89 Å². The van der Waals surface area contributed by atoms with Crippen molar-refractivity contribution in [2.45, 2.75) is 19.8 Å². The van der Waals surface area contributed by atoms with Crippen molar-refractivity contribution in [2.75, 3.05) is 18.0 Å². The van der Waals surface area contributed by atoms with Gasteiger partial charge in [-0.2, -0.15) is 0 Å². The average Bonchev–Trinajstić information content (AvgIpc) is 3.07. The van der Waals surface area contributed by atoms with Crippen LogP contribution in [0.2, 0.25) is 0 Å². The predicted molar refractivity (Wildman–Crippen MR) is 93.2 cm³/mol.